The first-order valence-corrected chi connectivity index (χ1v) is 8.48. The summed E-state index contributed by atoms with van der Waals surface area (Å²) in [6.45, 7) is -0.252. The lowest BCUT2D eigenvalue weighted by Crippen LogP contribution is -2.24. The Hall–Kier alpha value is -2.54. The Kier molecular flexibility index (Phi) is 5.23. The maximum atomic E-state index is 12.2. The molecule has 25 heavy (non-hydrogen) atoms. The number of hydrogen-bond acceptors (Lipinski definition) is 4. The Morgan fingerprint density at radius 2 is 2.08 bits per heavy atom. The van der Waals surface area contributed by atoms with E-state index in [1.54, 1.807) is 18.3 Å². The van der Waals surface area contributed by atoms with Gasteiger partial charge in [0.05, 0.1) is 17.8 Å². The number of ether oxygens (including phenoxy) is 1. The largest absolute Gasteiger partial charge is 0.483 e. The summed E-state index contributed by atoms with van der Waals surface area (Å²) in [4.78, 5) is 23.6. The Morgan fingerprint density at radius 1 is 1.32 bits per heavy atom. The van der Waals surface area contributed by atoms with E-state index in [4.69, 9.17) is 22.1 Å². The number of carbonyl (C=O) groups is 2. The highest BCUT2D eigenvalue weighted by atomic mass is 35.5. The van der Waals surface area contributed by atoms with Crippen molar-refractivity contribution < 1.29 is 14.3 Å². The minimum Gasteiger partial charge on any atom is -0.483 e. The summed E-state index contributed by atoms with van der Waals surface area (Å²) < 4.78 is 7.28. The number of benzene rings is 1. The van der Waals surface area contributed by atoms with Gasteiger partial charge in [-0.05, 0) is 31.0 Å². The molecule has 3 N–H and O–H groups in total. The molecule has 0 spiro atoms. The zero-order chi connectivity index (χ0) is 17.8. The van der Waals surface area contributed by atoms with E-state index in [1.165, 1.54) is 25.0 Å². The molecule has 1 saturated carbocycles. The second-order valence-electron chi connectivity index (χ2n) is 5.94. The SMILES string of the molecule is NC(=O)c1cc(Cl)ccc1OCC(=O)Nc1ccnn1C1CCCC1. The molecule has 7 nitrogen and oxygen atoms in total. The van der Waals surface area contributed by atoms with Gasteiger partial charge >= 0.3 is 0 Å². The number of halogens is 1. The van der Waals surface area contributed by atoms with Crippen molar-refractivity contribution in [2.45, 2.75) is 31.7 Å². The molecule has 0 bridgehead atoms. The van der Waals surface area contributed by atoms with Crippen molar-refractivity contribution in [2.75, 3.05) is 11.9 Å². The summed E-state index contributed by atoms with van der Waals surface area (Å²) in [5.74, 6) is -0.148. The summed E-state index contributed by atoms with van der Waals surface area (Å²) >= 11 is 5.85. The number of nitrogens with two attached hydrogens (primary N) is 1. The molecular formula is C17H19ClN4O3. The van der Waals surface area contributed by atoms with Crippen LogP contribution < -0.4 is 15.8 Å². The second-order valence-corrected chi connectivity index (χ2v) is 6.38. The minimum absolute atomic E-state index is 0.135. The van der Waals surface area contributed by atoms with Gasteiger partial charge in [-0.3, -0.25) is 9.59 Å². The van der Waals surface area contributed by atoms with Gasteiger partial charge in [0.15, 0.2) is 6.61 Å². The molecule has 0 aliphatic heterocycles. The molecule has 1 aliphatic rings. The number of primary amides is 1. The lowest BCUT2D eigenvalue weighted by molar-refractivity contribution is -0.118. The summed E-state index contributed by atoms with van der Waals surface area (Å²) in [7, 11) is 0. The first-order chi connectivity index (χ1) is 12.0. The number of amides is 2. The molecule has 2 aromatic rings. The fraction of sp³-hybridized carbons (Fsp3) is 0.353. The smallest absolute Gasteiger partial charge is 0.263 e. The average molecular weight is 363 g/mol. The first kappa shape index (κ1) is 17.3. The molecule has 8 heteroatoms. The zero-order valence-electron chi connectivity index (χ0n) is 13.6. The van der Waals surface area contributed by atoms with Gasteiger partial charge in [-0.15, -0.1) is 0 Å². The van der Waals surface area contributed by atoms with Crippen LogP contribution in [-0.2, 0) is 4.79 Å². The number of nitrogens with one attached hydrogen (secondary N) is 1. The Bertz CT molecular complexity index is 784. The van der Waals surface area contributed by atoms with Gasteiger partial charge < -0.3 is 15.8 Å². The van der Waals surface area contributed by atoms with E-state index < -0.39 is 5.91 Å². The third-order valence-corrected chi connectivity index (χ3v) is 4.41. The normalized spacial score (nSPS) is 14.4. The second kappa shape index (κ2) is 7.57. The van der Waals surface area contributed by atoms with Gasteiger partial charge in [0, 0.05) is 11.1 Å². The van der Waals surface area contributed by atoms with Crippen LogP contribution in [0, 0.1) is 0 Å². The molecule has 1 heterocycles. The van der Waals surface area contributed by atoms with Crippen LogP contribution in [0.25, 0.3) is 0 Å². The van der Waals surface area contributed by atoms with Crippen LogP contribution in [0.4, 0.5) is 5.82 Å². The number of nitrogens with zero attached hydrogens (tertiary/aromatic N) is 2. The van der Waals surface area contributed by atoms with E-state index in [0.717, 1.165) is 12.8 Å². The van der Waals surface area contributed by atoms with Crippen LogP contribution in [-0.4, -0.2) is 28.2 Å². The monoisotopic (exact) mass is 362 g/mol. The highest BCUT2D eigenvalue weighted by molar-refractivity contribution is 6.31. The van der Waals surface area contributed by atoms with Crippen molar-refractivity contribution in [2.24, 2.45) is 5.73 Å². The number of anilines is 1. The highest BCUT2D eigenvalue weighted by Gasteiger charge is 2.20. The van der Waals surface area contributed by atoms with E-state index in [9.17, 15) is 9.59 Å². The van der Waals surface area contributed by atoms with Gasteiger partial charge in [-0.25, -0.2) is 4.68 Å². The van der Waals surface area contributed by atoms with Gasteiger partial charge in [0.2, 0.25) is 0 Å². The van der Waals surface area contributed by atoms with E-state index in [2.05, 4.69) is 10.4 Å². The van der Waals surface area contributed by atoms with Crippen LogP contribution >= 0.6 is 11.6 Å². The van der Waals surface area contributed by atoms with Crippen LogP contribution in [0.1, 0.15) is 42.1 Å². The van der Waals surface area contributed by atoms with Crippen molar-refractivity contribution in [3.05, 3.63) is 41.0 Å². The van der Waals surface area contributed by atoms with Crippen molar-refractivity contribution in [3.8, 4) is 5.75 Å². The maximum absolute atomic E-state index is 12.2. The molecular weight excluding hydrogens is 344 g/mol. The lowest BCUT2D eigenvalue weighted by Gasteiger charge is -2.15. The zero-order valence-corrected chi connectivity index (χ0v) is 14.3. The third kappa shape index (κ3) is 4.11. The Morgan fingerprint density at radius 3 is 2.80 bits per heavy atom. The number of rotatable bonds is 6. The van der Waals surface area contributed by atoms with Crippen LogP contribution in [0.15, 0.2) is 30.5 Å². The molecule has 1 aromatic carbocycles. The molecule has 1 fully saturated rings. The van der Waals surface area contributed by atoms with Crippen molar-refractivity contribution >= 4 is 29.2 Å². The maximum Gasteiger partial charge on any atom is 0.263 e. The highest BCUT2D eigenvalue weighted by Crippen LogP contribution is 2.31. The van der Waals surface area contributed by atoms with E-state index in [1.807, 2.05) is 4.68 Å². The summed E-state index contributed by atoms with van der Waals surface area (Å²) in [6.07, 6.45) is 6.14. The van der Waals surface area contributed by atoms with E-state index >= 15 is 0 Å². The standard InChI is InChI=1S/C17H19ClN4O3/c18-11-5-6-14(13(9-11)17(19)24)25-10-16(23)21-15-7-8-20-22(15)12-3-1-2-4-12/h5-9,12H,1-4,10H2,(H2,19,24)(H,21,23). The average Bonchev–Trinajstić information content (AvgIpc) is 3.24. The molecule has 1 aromatic heterocycles. The molecule has 0 atom stereocenters. The number of carbonyl (C=O) groups excluding carboxylic acids is 2. The molecule has 0 unspecified atom stereocenters. The fourth-order valence-electron chi connectivity index (χ4n) is 3.00. The third-order valence-electron chi connectivity index (χ3n) is 4.17. The minimum atomic E-state index is -0.669. The number of hydrogen-bond donors (Lipinski definition) is 2. The molecule has 1 aliphatic carbocycles. The molecule has 0 saturated heterocycles. The Labute approximate surface area is 150 Å². The van der Waals surface area contributed by atoms with Crippen LogP contribution in [0.2, 0.25) is 5.02 Å². The predicted molar refractivity (Wildman–Crippen MR) is 93.8 cm³/mol. The van der Waals surface area contributed by atoms with Crippen molar-refractivity contribution in [3.63, 3.8) is 0 Å². The van der Waals surface area contributed by atoms with Gasteiger partial charge in [-0.1, -0.05) is 24.4 Å². The summed E-state index contributed by atoms with van der Waals surface area (Å²) in [5, 5.41) is 7.46. The fourth-order valence-corrected chi connectivity index (χ4v) is 3.17. The van der Waals surface area contributed by atoms with Crippen LogP contribution in [0.3, 0.4) is 0 Å². The molecule has 2 amide bonds. The number of aromatic nitrogens is 2. The predicted octanol–water partition coefficient (Wildman–Crippen LogP) is 2.77. The lowest BCUT2D eigenvalue weighted by atomic mass is 10.2. The molecule has 3 rings (SSSR count). The van der Waals surface area contributed by atoms with Gasteiger partial charge in [-0.2, -0.15) is 5.10 Å². The molecule has 132 valence electrons. The molecule has 0 radical (unpaired) electrons. The van der Waals surface area contributed by atoms with E-state index in [-0.39, 0.29) is 23.8 Å². The van der Waals surface area contributed by atoms with Crippen molar-refractivity contribution in [1.29, 1.82) is 0 Å². The first-order valence-electron chi connectivity index (χ1n) is 8.10. The van der Waals surface area contributed by atoms with E-state index in [0.29, 0.717) is 16.9 Å². The quantitative estimate of drug-likeness (QED) is 0.825. The summed E-state index contributed by atoms with van der Waals surface area (Å²) in [5.41, 5.74) is 5.43. The van der Waals surface area contributed by atoms with Crippen LogP contribution in [0.5, 0.6) is 5.75 Å². The van der Waals surface area contributed by atoms with Gasteiger partial charge in [0.1, 0.15) is 11.6 Å². The Balaban J connectivity index is 1.63. The van der Waals surface area contributed by atoms with Gasteiger partial charge in [0.25, 0.3) is 11.8 Å². The topological polar surface area (TPSA) is 99.2 Å². The van der Waals surface area contributed by atoms with Crippen molar-refractivity contribution in [1.82, 2.24) is 9.78 Å². The summed E-state index contributed by atoms with van der Waals surface area (Å²) in [6, 6.07) is 6.57.